The van der Waals surface area contributed by atoms with E-state index in [-0.39, 0.29) is 11.4 Å². The van der Waals surface area contributed by atoms with Crippen molar-refractivity contribution in [3.63, 3.8) is 0 Å². The smallest absolute Gasteiger partial charge is 0.337 e. The van der Waals surface area contributed by atoms with Gasteiger partial charge in [0.2, 0.25) is 12.2 Å². The second-order valence-corrected chi connectivity index (χ2v) is 5.52. The summed E-state index contributed by atoms with van der Waals surface area (Å²) in [4.78, 5) is 33.2. The summed E-state index contributed by atoms with van der Waals surface area (Å²) >= 11 is 0. The molecular weight excluding hydrogens is 352 g/mol. The van der Waals surface area contributed by atoms with Crippen molar-refractivity contribution < 1.29 is 38.9 Å². The number of benzene rings is 1. The SMILES string of the molecule is COC(=O)[C@H]1O[C@@H](Oc2ccc([N+](=O)[O-])cc2)[C@H](NC(C)=O)[C@@H](O)[C@H]1O. The number of hydrogen-bond donors (Lipinski definition) is 3. The molecule has 1 aliphatic heterocycles. The van der Waals surface area contributed by atoms with Crippen molar-refractivity contribution in [2.45, 2.75) is 37.6 Å². The van der Waals surface area contributed by atoms with Crippen LogP contribution in [0.3, 0.4) is 0 Å². The van der Waals surface area contributed by atoms with Gasteiger partial charge in [-0.25, -0.2) is 4.79 Å². The Morgan fingerprint density at radius 3 is 2.35 bits per heavy atom. The highest BCUT2D eigenvalue weighted by Crippen LogP contribution is 2.26. The number of carbonyl (C=O) groups is 2. The highest BCUT2D eigenvalue weighted by atomic mass is 16.7. The summed E-state index contributed by atoms with van der Waals surface area (Å²) in [7, 11) is 1.08. The average molecular weight is 370 g/mol. The van der Waals surface area contributed by atoms with E-state index in [1.54, 1.807) is 0 Å². The Morgan fingerprint density at radius 2 is 1.85 bits per heavy atom. The number of non-ortho nitro benzene ring substituents is 1. The van der Waals surface area contributed by atoms with Crippen LogP contribution in [-0.4, -0.2) is 64.8 Å². The number of amides is 1. The van der Waals surface area contributed by atoms with E-state index in [0.717, 1.165) is 7.11 Å². The van der Waals surface area contributed by atoms with Crippen molar-refractivity contribution in [1.29, 1.82) is 0 Å². The van der Waals surface area contributed by atoms with Gasteiger partial charge >= 0.3 is 5.97 Å². The first-order valence-corrected chi connectivity index (χ1v) is 7.52. The molecule has 0 radical (unpaired) electrons. The van der Waals surface area contributed by atoms with E-state index in [4.69, 9.17) is 9.47 Å². The van der Waals surface area contributed by atoms with E-state index >= 15 is 0 Å². The minimum Gasteiger partial charge on any atom is -0.467 e. The molecule has 0 unspecified atom stereocenters. The second-order valence-electron chi connectivity index (χ2n) is 5.52. The monoisotopic (exact) mass is 370 g/mol. The summed E-state index contributed by atoms with van der Waals surface area (Å²) in [5, 5.41) is 33.4. The Balaban J connectivity index is 2.25. The molecule has 1 heterocycles. The molecule has 1 aliphatic rings. The van der Waals surface area contributed by atoms with Crippen LogP contribution in [0.15, 0.2) is 24.3 Å². The summed E-state index contributed by atoms with van der Waals surface area (Å²) in [6.45, 7) is 1.19. The standard InChI is InChI=1S/C15H18N2O9/c1-7(18)16-10-11(19)12(20)13(14(21)24-2)26-15(10)25-9-5-3-8(4-6-9)17(22)23/h3-6,10-13,15,19-20H,1-2H3,(H,16,18)/t10-,11-,12-,13+,15-/m1/s1. The quantitative estimate of drug-likeness (QED) is 0.339. The molecule has 3 N–H and O–H groups in total. The number of carbonyl (C=O) groups excluding carboxylic acids is 2. The number of nitrogens with zero attached hydrogens (tertiary/aromatic N) is 1. The van der Waals surface area contributed by atoms with Gasteiger partial charge in [-0.3, -0.25) is 14.9 Å². The highest BCUT2D eigenvalue weighted by molar-refractivity contribution is 5.76. The Labute approximate surface area is 147 Å². The summed E-state index contributed by atoms with van der Waals surface area (Å²) in [6.07, 6.45) is -6.14. The van der Waals surface area contributed by atoms with E-state index in [0.29, 0.717) is 0 Å². The van der Waals surface area contributed by atoms with Crippen LogP contribution in [0.4, 0.5) is 5.69 Å². The fraction of sp³-hybridized carbons (Fsp3) is 0.467. The Bertz CT molecular complexity index is 678. The van der Waals surface area contributed by atoms with Crippen molar-refractivity contribution in [1.82, 2.24) is 5.32 Å². The normalized spacial score (nSPS) is 28.1. The number of ether oxygens (including phenoxy) is 3. The second kappa shape index (κ2) is 8.08. The highest BCUT2D eigenvalue weighted by Gasteiger charge is 2.49. The van der Waals surface area contributed by atoms with Crippen molar-refractivity contribution in [3.05, 3.63) is 34.4 Å². The zero-order chi connectivity index (χ0) is 19.4. The molecule has 1 amide bonds. The van der Waals surface area contributed by atoms with Crippen LogP contribution in [0.1, 0.15) is 6.92 Å². The average Bonchev–Trinajstić information content (AvgIpc) is 2.60. The lowest BCUT2D eigenvalue weighted by atomic mass is 9.96. The van der Waals surface area contributed by atoms with Crippen molar-refractivity contribution >= 4 is 17.6 Å². The van der Waals surface area contributed by atoms with Crippen LogP contribution in [0.2, 0.25) is 0 Å². The largest absolute Gasteiger partial charge is 0.467 e. The Kier molecular flexibility index (Phi) is 6.08. The van der Waals surface area contributed by atoms with E-state index in [1.807, 2.05) is 0 Å². The topological polar surface area (TPSA) is 157 Å². The maximum Gasteiger partial charge on any atom is 0.337 e. The summed E-state index contributed by atoms with van der Waals surface area (Å²) < 4.78 is 15.4. The van der Waals surface area contributed by atoms with Crippen LogP contribution in [0.5, 0.6) is 5.75 Å². The minimum atomic E-state index is -1.66. The molecule has 0 aliphatic carbocycles. The molecule has 0 aromatic heterocycles. The molecule has 2 rings (SSSR count). The fourth-order valence-electron chi connectivity index (χ4n) is 2.44. The molecule has 26 heavy (non-hydrogen) atoms. The maximum atomic E-state index is 11.7. The maximum absolute atomic E-state index is 11.7. The van der Waals surface area contributed by atoms with Crippen LogP contribution in [0, 0.1) is 10.1 Å². The van der Waals surface area contributed by atoms with Gasteiger partial charge in [0.05, 0.1) is 12.0 Å². The van der Waals surface area contributed by atoms with Crippen molar-refractivity contribution in [3.8, 4) is 5.75 Å². The van der Waals surface area contributed by atoms with E-state index in [2.05, 4.69) is 10.1 Å². The summed E-state index contributed by atoms with van der Waals surface area (Å²) in [6, 6.07) is 3.76. The molecule has 11 nitrogen and oxygen atoms in total. The first-order valence-electron chi connectivity index (χ1n) is 7.52. The number of methoxy groups -OCH3 is 1. The van der Waals surface area contributed by atoms with Crippen LogP contribution >= 0.6 is 0 Å². The summed E-state index contributed by atoms with van der Waals surface area (Å²) in [5.74, 6) is -1.34. The van der Waals surface area contributed by atoms with Gasteiger partial charge in [-0.2, -0.15) is 0 Å². The zero-order valence-electron chi connectivity index (χ0n) is 13.9. The number of nitro benzene ring substituents is 1. The predicted molar refractivity (Wildman–Crippen MR) is 84.0 cm³/mol. The third-order valence-corrected chi connectivity index (χ3v) is 3.71. The lowest BCUT2D eigenvalue weighted by Gasteiger charge is -2.41. The zero-order valence-corrected chi connectivity index (χ0v) is 13.9. The first kappa shape index (κ1) is 19.6. The fourth-order valence-corrected chi connectivity index (χ4v) is 2.44. The van der Waals surface area contributed by atoms with Crippen LogP contribution in [-0.2, 0) is 19.1 Å². The number of aliphatic hydroxyl groups is 2. The number of esters is 1. The molecule has 11 heteroatoms. The van der Waals surface area contributed by atoms with E-state index in [1.165, 1.54) is 31.2 Å². The van der Waals surface area contributed by atoms with Gasteiger partial charge in [0.25, 0.3) is 5.69 Å². The summed E-state index contributed by atoms with van der Waals surface area (Å²) in [5.41, 5.74) is -0.164. The Morgan fingerprint density at radius 1 is 1.23 bits per heavy atom. The number of nitro groups is 1. The van der Waals surface area contributed by atoms with Crippen molar-refractivity contribution in [2.75, 3.05) is 7.11 Å². The van der Waals surface area contributed by atoms with E-state index in [9.17, 15) is 29.9 Å². The van der Waals surface area contributed by atoms with E-state index < -0.39 is 47.4 Å². The van der Waals surface area contributed by atoms with Gasteiger partial charge in [0, 0.05) is 19.1 Å². The third-order valence-electron chi connectivity index (χ3n) is 3.71. The third kappa shape index (κ3) is 4.25. The van der Waals surface area contributed by atoms with Crippen molar-refractivity contribution in [2.24, 2.45) is 0 Å². The van der Waals surface area contributed by atoms with Gasteiger partial charge in [0.1, 0.15) is 24.0 Å². The molecule has 142 valence electrons. The molecular formula is C15H18N2O9. The molecule has 0 bridgehead atoms. The van der Waals surface area contributed by atoms with Gasteiger partial charge in [-0.15, -0.1) is 0 Å². The number of aliphatic hydroxyl groups excluding tert-OH is 2. The minimum absolute atomic E-state index is 0.128. The lowest BCUT2D eigenvalue weighted by molar-refractivity contribution is -0.384. The van der Waals surface area contributed by atoms with Gasteiger partial charge in [-0.05, 0) is 12.1 Å². The molecule has 1 aromatic carbocycles. The Hall–Kier alpha value is -2.76. The van der Waals surface area contributed by atoms with Crippen LogP contribution in [0.25, 0.3) is 0 Å². The molecule has 1 aromatic rings. The molecule has 1 fully saturated rings. The molecule has 0 saturated carbocycles. The number of hydrogen-bond acceptors (Lipinski definition) is 9. The van der Waals surface area contributed by atoms with Gasteiger partial charge < -0.3 is 29.7 Å². The number of rotatable bonds is 5. The molecule has 5 atom stereocenters. The lowest BCUT2D eigenvalue weighted by Crippen LogP contribution is -2.66. The van der Waals surface area contributed by atoms with Gasteiger partial charge in [0.15, 0.2) is 6.10 Å². The number of nitrogens with one attached hydrogen (secondary N) is 1. The molecule has 1 saturated heterocycles. The predicted octanol–water partition coefficient (Wildman–Crippen LogP) is -0.902. The molecule has 0 spiro atoms. The van der Waals surface area contributed by atoms with Crippen LogP contribution < -0.4 is 10.1 Å². The first-order chi connectivity index (χ1) is 12.2. The van der Waals surface area contributed by atoms with Gasteiger partial charge in [-0.1, -0.05) is 0 Å².